The molecule has 2 aromatic rings. The van der Waals surface area contributed by atoms with E-state index >= 15 is 0 Å². The number of aryl methyl sites for hydroxylation is 3. The highest BCUT2D eigenvalue weighted by atomic mass is 35.5. The summed E-state index contributed by atoms with van der Waals surface area (Å²) in [6.07, 6.45) is 0.956. The molecule has 2 heteroatoms. The lowest BCUT2D eigenvalue weighted by Gasteiger charge is -2.21. The van der Waals surface area contributed by atoms with E-state index in [2.05, 4.69) is 56.4 Å². The summed E-state index contributed by atoms with van der Waals surface area (Å²) >= 11 is 6.41. The molecule has 20 heavy (non-hydrogen) atoms. The summed E-state index contributed by atoms with van der Waals surface area (Å²) in [6, 6.07) is 13.0. The average Bonchev–Trinajstić information content (AvgIpc) is 2.40. The maximum atomic E-state index is 6.41. The van der Waals surface area contributed by atoms with Crippen LogP contribution in [0.25, 0.3) is 0 Å². The van der Waals surface area contributed by atoms with Gasteiger partial charge in [-0.1, -0.05) is 41.9 Å². The summed E-state index contributed by atoms with van der Waals surface area (Å²) in [7, 11) is 1.99. The molecule has 106 valence electrons. The minimum absolute atomic E-state index is 0.239. The van der Waals surface area contributed by atoms with Gasteiger partial charge >= 0.3 is 0 Å². The monoisotopic (exact) mass is 287 g/mol. The number of benzene rings is 2. The highest BCUT2D eigenvalue weighted by Gasteiger charge is 2.15. The summed E-state index contributed by atoms with van der Waals surface area (Å²) in [5.74, 6) is 0. The van der Waals surface area contributed by atoms with E-state index in [-0.39, 0.29) is 6.04 Å². The van der Waals surface area contributed by atoms with Gasteiger partial charge < -0.3 is 5.32 Å². The van der Waals surface area contributed by atoms with Gasteiger partial charge in [-0.25, -0.2) is 0 Å². The third kappa shape index (κ3) is 3.23. The largest absolute Gasteiger partial charge is 0.313 e. The number of likely N-dealkylation sites (N-methyl/N-ethyl adjacent to an activating group) is 1. The molecule has 0 heterocycles. The molecule has 0 amide bonds. The standard InChI is InChI=1S/C18H22ClN/c1-12-8-9-15(17(19)10-12)18(20-4)11-16-13(2)6-5-7-14(16)3/h5-10,18,20H,11H2,1-4H3. The summed E-state index contributed by atoms with van der Waals surface area (Å²) in [5.41, 5.74) is 6.45. The van der Waals surface area contributed by atoms with Crippen molar-refractivity contribution >= 4 is 11.6 Å². The van der Waals surface area contributed by atoms with Crippen molar-refractivity contribution in [3.63, 3.8) is 0 Å². The molecule has 1 nitrogen and oxygen atoms in total. The molecule has 0 aliphatic heterocycles. The summed E-state index contributed by atoms with van der Waals surface area (Å²) < 4.78 is 0. The van der Waals surface area contributed by atoms with E-state index in [4.69, 9.17) is 11.6 Å². The van der Waals surface area contributed by atoms with Gasteiger partial charge in [0, 0.05) is 11.1 Å². The van der Waals surface area contributed by atoms with Gasteiger partial charge in [0.05, 0.1) is 0 Å². The fraction of sp³-hybridized carbons (Fsp3) is 0.333. The van der Waals surface area contributed by atoms with Gasteiger partial charge in [-0.2, -0.15) is 0 Å². The maximum absolute atomic E-state index is 6.41. The van der Waals surface area contributed by atoms with Crippen molar-refractivity contribution in [2.75, 3.05) is 7.05 Å². The van der Waals surface area contributed by atoms with Crippen molar-refractivity contribution in [2.45, 2.75) is 33.2 Å². The van der Waals surface area contributed by atoms with Crippen LogP contribution in [0.1, 0.15) is 33.9 Å². The number of nitrogens with one attached hydrogen (secondary N) is 1. The zero-order valence-corrected chi connectivity index (χ0v) is 13.4. The summed E-state index contributed by atoms with van der Waals surface area (Å²) in [4.78, 5) is 0. The van der Waals surface area contributed by atoms with Crippen LogP contribution in [0.3, 0.4) is 0 Å². The Hall–Kier alpha value is -1.31. The molecule has 2 aromatic carbocycles. The van der Waals surface area contributed by atoms with Crippen LogP contribution in [0.5, 0.6) is 0 Å². The molecule has 1 atom stereocenters. The first kappa shape index (κ1) is 15.1. The second kappa shape index (κ2) is 6.43. The average molecular weight is 288 g/mol. The van der Waals surface area contributed by atoms with E-state index in [0.29, 0.717) is 0 Å². The Kier molecular flexibility index (Phi) is 4.85. The normalized spacial score (nSPS) is 12.4. The molecular weight excluding hydrogens is 266 g/mol. The quantitative estimate of drug-likeness (QED) is 0.854. The smallest absolute Gasteiger partial charge is 0.0456 e. The Morgan fingerprint density at radius 3 is 2.25 bits per heavy atom. The predicted molar refractivity (Wildman–Crippen MR) is 87.6 cm³/mol. The molecule has 1 N–H and O–H groups in total. The van der Waals surface area contributed by atoms with Crippen LogP contribution < -0.4 is 5.32 Å². The Morgan fingerprint density at radius 2 is 1.70 bits per heavy atom. The molecule has 0 aromatic heterocycles. The van der Waals surface area contributed by atoms with Gasteiger partial charge in [0.1, 0.15) is 0 Å². The third-order valence-corrected chi connectivity index (χ3v) is 4.26. The first-order chi connectivity index (χ1) is 9.52. The Morgan fingerprint density at radius 1 is 1.05 bits per heavy atom. The first-order valence-corrected chi connectivity index (χ1v) is 7.39. The number of hydrogen-bond donors (Lipinski definition) is 1. The van der Waals surface area contributed by atoms with Crippen LogP contribution in [0, 0.1) is 20.8 Å². The number of rotatable bonds is 4. The van der Waals surface area contributed by atoms with Crippen molar-refractivity contribution < 1.29 is 0 Å². The molecule has 0 fully saturated rings. The Bertz CT molecular complexity index is 584. The van der Waals surface area contributed by atoms with Crippen LogP contribution >= 0.6 is 11.6 Å². The van der Waals surface area contributed by atoms with Crippen LogP contribution in [0.4, 0.5) is 0 Å². The van der Waals surface area contributed by atoms with Crippen LogP contribution in [-0.4, -0.2) is 7.05 Å². The zero-order valence-electron chi connectivity index (χ0n) is 12.6. The lowest BCUT2D eigenvalue weighted by atomic mass is 9.92. The number of halogens is 1. The van der Waals surface area contributed by atoms with Gasteiger partial charge in [0.25, 0.3) is 0 Å². The van der Waals surface area contributed by atoms with Gasteiger partial charge in [-0.15, -0.1) is 0 Å². The molecule has 0 aliphatic rings. The predicted octanol–water partition coefficient (Wildman–Crippen LogP) is 4.77. The minimum Gasteiger partial charge on any atom is -0.313 e. The lowest BCUT2D eigenvalue weighted by Crippen LogP contribution is -2.20. The Balaban J connectivity index is 2.34. The van der Waals surface area contributed by atoms with E-state index in [9.17, 15) is 0 Å². The third-order valence-electron chi connectivity index (χ3n) is 3.93. The molecule has 0 radical (unpaired) electrons. The second-order valence-electron chi connectivity index (χ2n) is 5.44. The van der Waals surface area contributed by atoms with Crippen LogP contribution in [-0.2, 0) is 6.42 Å². The van der Waals surface area contributed by atoms with Crippen molar-refractivity contribution in [1.29, 1.82) is 0 Å². The van der Waals surface area contributed by atoms with Crippen molar-refractivity contribution in [1.82, 2.24) is 5.32 Å². The highest BCUT2D eigenvalue weighted by molar-refractivity contribution is 6.31. The molecule has 0 saturated carbocycles. The minimum atomic E-state index is 0.239. The summed E-state index contributed by atoms with van der Waals surface area (Å²) in [5, 5.41) is 4.24. The maximum Gasteiger partial charge on any atom is 0.0456 e. The molecule has 0 aliphatic carbocycles. The SMILES string of the molecule is CNC(Cc1c(C)cccc1C)c1ccc(C)cc1Cl. The van der Waals surface area contributed by atoms with Crippen molar-refractivity contribution in [3.8, 4) is 0 Å². The van der Waals surface area contributed by atoms with Gasteiger partial charge in [0.15, 0.2) is 0 Å². The van der Waals surface area contributed by atoms with E-state index < -0.39 is 0 Å². The second-order valence-corrected chi connectivity index (χ2v) is 5.85. The first-order valence-electron chi connectivity index (χ1n) is 7.01. The molecule has 0 bridgehead atoms. The van der Waals surface area contributed by atoms with Gasteiger partial charge in [0.2, 0.25) is 0 Å². The number of hydrogen-bond acceptors (Lipinski definition) is 1. The molecule has 0 saturated heterocycles. The topological polar surface area (TPSA) is 12.0 Å². The van der Waals surface area contributed by atoms with E-state index in [1.165, 1.54) is 27.8 Å². The molecular formula is C18H22ClN. The Labute approximate surface area is 127 Å². The van der Waals surface area contributed by atoms with Crippen molar-refractivity contribution in [2.24, 2.45) is 0 Å². The van der Waals surface area contributed by atoms with Crippen LogP contribution in [0.2, 0.25) is 5.02 Å². The zero-order chi connectivity index (χ0) is 14.7. The lowest BCUT2D eigenvalue weighted by molar-refractivity contribution is 0.589. The van der Waals surface area contributed by atoms with Crippen molar-refractivity contribution in [3.05, 3.63) is 69.2 Å². The fourth-order valence-corrected chi connectivity index (χ4v) is 3.02. The molecule has 0 spiro atoms. The fourth-order valence-electron chi connectivity index (χ4n) is 2.66. The highest BCUT2D eigenvalue weighted by Crippen LogP contribution is 2.28. The van der Waals surface area contributed by atoms with E-state index in [0.717, 1.165) is 11.4 Å². The van der Waals surface area contributed by atoms with E-state index in [1.54, 1.807) is 0 Å². The molecule has 2 rings (SSSR count). The molecule has 1 unspecified atom stereocenters. The van der Waals surface area contributed by atoms with E-state index in [1.807, 2.05) is 13.1 Å². The van der Waals surface area contributed by atoms with Gasteiger partial charge in [-0.3, -0.25) is 0 Å². The van der Waals surface area contributed by atoms with Crippen LogP contribution in [0.15, 0.2) is 36.4 Å². The van der Waals surface area contributed by atoms with Gasteiger partial charge in [-0.05, 0) is 68.1 Å². The summed E-state index contributed by atoms with van der Waals surface area (Å²) in [6.45, 7) is 6.41.